The van der Waals surface area contributed by atoms with Gasteiger partial charge in [0.15, 0.2) is 6.10 Å². The molecule has 0 fully saturated rings. The molecule has 2 aromatic rings. The van der Waals surface area contributed by atoms with Crippen LogP contribution in [0.3, 0.4) is 0 Å². The molecule has 0 aliphatic rings. The summed E-state index contributed by atoms with van der Waals surface area (Å²) in [6, 6.07) is 13.6. The molecule has 0 aromatic heterocycles. The second-order valence-corrected chi connectivity index (χ2v) is 5.54. The molecule has 0 spiro atoms. The molecule has 1 atom stereocenters. The van der Waals surface area contributed by atoms with Gasteiger partial charge in [-0.25, -0.2) is 0 Å². The number of carbonyl (C=O) groups excluding carboxylic acids is 2. The zero-order valence-electron chi connectivity index (χ0n) is 13.5. The second-order valence-electron chi connectivity index (χ2n) is 5.11. The minimum atomic E-state index is -0.728. The van der Waals surface area contributed by atoms with Crippen LogP contribution < -0.4 is 15.4 Å². The lowest BCUT2D eigenvalue weighted by molar-refractivity contribution is -0.122. The Hall–Kier alpha value is -2.53. The SMILES string of the molecule is CCNC(=O)c1ccccc1NC(=O)C(C)Oc1ccc(Cl)cc1. The van der Waals surface area contributed by atoms with Crippen LogP contribution in [0.4, 0.5) is 5.69 Å². The summed E-state index contributed by atoms with van der Waals surface area (Å²) < 4.78 is 5.58. The monoisotopic (exact) mass is 346 g/mol. The Bertz CT molecular complexity index is 716. The Morgan fingerprint density at radius 1 is 1.12 bits per heavy atom. The van der Waals surface area contributed by atoms with Gasteiger partial charge in [-0.05, 0) is 50.2 Å². The second kappa shape index (κ2) is 8.36. The lowest BCUT2D eigenvalue weighted by Gasteiger charge is -2.16. The average molecular weight is 347 g/mol. The van der Waals surface area contributed by atoms with E-state index in [-0.39, 0.29) is 11.8 Å². The van der Waals surface area contributed by atoms with Crippen molar-refractivity contribution in [2.75, 3.05) is 11.9 Å². The molecular formula is C18H19ClN2O3. The summed E-state index contributed by atoms with van der Waals surface area (Å²) in [4.78, 5) is 24.4. The number of carbonyl (C=O) groups is 2. The molecule has 0 aliphatic carbocycles. The largest absolute Gasteiger partial charge is 0.481 e. The van der Waals surface area contributed by atoms with E-state index in [1.54, 1.807) is 55.5 Å². The number of hydrogen-bond acceptors (Lipinski definition) is 3. The van der Waals surface area contributed by atoms with Gasteiger partial charge >= 0.3 is 0 Å². The summed E-state index contributed by atoms with van der Waals surface area (Å²) in [5, 5.41) is 6.04. The fourth-order valence-corrected chi connectivity index (χ4v) is 2.18. The molecule has 2 amide bonds. The lowest BCUT2D eigenvalue weighted by Crippen LogP contribution is -2.31. The molecule has 2 N–H and O–H groups in total. The first-order valence-electron chi connectivity index (χ1n) is 7.61. The van der Waals surface area contributed by atoms with E-state index < -0.39 is 6.10 Å². The molecule has 0 saturated heterocycles. The summed E-state index contributed by atoms with van der Waals surface area (Å²) >= 11 is 5.82. The van der Waals surface area contributed by atoms with Crippen molar-refractivity contribution in [3.8, 4) is 5.75 Å². The van der Waals surface area contributed by atoms with Crippen molar-refractivity contribution in [3.63, 3.8) is 0 Å². The van der Waals surface area contributed by atoms with E-state index in [2.05, 4.69) is 10.6 Å². The predicted octanol–water partition coefficient (Wildman–Crippen LogP) is 3.50. The first kappa shape index (κ1) is 17.8. The van der Waals surface area contributed by atoms with Crippen LogP contribution >= 0.6 is 11.6 Å². The predicted molar refractivity (Wildman–Crippen MR) is 94.6 cm³/mol. The van der Waals surface area contributed by atoms with Gasteiger partial charge in [-0.3, -0.25) is 9.59 Å². The van der Waals surface area contributed by atoms with E-state index in [1.807, 2.05) is 6.92 Å². The number of ether oxygens (including phenoxy) is 1. The number of anilines is 1. The number of hydrogen-bond donors (Lipinski definition) is 2. The maximum Gasteiger partial charge on any atom is 0.265 e. The smallest absolute Gasteiger partial charge is 0.265 e. The van der Waals surface area contributed by atoms with Gasteiger partial charge in [0, 0.05) is 11.6 Å². The molecule has 0 aliphatic heterocycles. The van der Waals surface area contributed by atoms with Crippen LogP contribution in [0.25, 0.3) is 0 Å². The highest BCUT2D eigenvalue weighted by molar-refractivity contribution is 6.30. The Morgan fingerprint density at radius 3 is 2.46 bits per heavy atom. The zero-order chi connectivity index (χ0) is 17.5. The van der Waals surface area contributed by atoms with Crippen LogP contribution in [-0.2, 0) is 4.79 Å². The molecule has 0 saturated carbocycles. The van der Waals surface area contributed by atoms with E-state index in [0.29, 0.717) is 28.6 Å². The van der Waals surface area contributed by atoms with Gasteiger partial charge in [0.1, 0.15) is 5.75 Å². The van der Waals surface area contributed by atoms with Crippen molar-refractivity contribution in [3.05, 3.63) is 59.1 Å². The highest BCUT2D eigenvalue weighted by Gasteiger charge is 2.18. The third kappa shape index (κ3) is 4.73. The molecule has 2 aromatic carbocycles. The summed E-state index contributed by atoms with van der Waals surface area (Å²) in [6.45, 7) is 3.98. The third-order valence-corrected chi connectivity index (χ3v) is 3.51. The van der Waals surface area contributed by atoms with Crippen molar-refractivity contribution in [1.82, 2.24) is 5.32 Å². The Balaban J connectivity index is 2.06. The van der Waals surface area contributed by atoms with E-state index in [0.717, 1.165) is 0 Å². The van der Waals surface area contributed by atoms with E-state index in [1.165, 1.54) is 0 Å². The number of rotatable bonds is 6. The van der Waals surface area contributed by atoms with Crippen molar-refractivity contribution < 1.29 is 14.3 Å². The van der Waals surface area contributed by atoms with Crippen LogP contribution in [-0.4, -0.2) is 24.5 Å². The van der Waals surface area contributed by atoms with Crippen molar-refractivity contribution in [1.29, 1.82) is 0 Å². The first-order chi connectivity index (χ1) is 11.5. The summed E-state index contributed by atoms with van der Waals surface area (Å²) in [5.74, 6) is -0.0413. The molecule has 24 heavy (non-hydrogen) atoms. The van der Waals surface area contributed by atoms with Gasteiger partial charge in [-0.2, -0.15) is 0 Å². The van der Waals surface area contributed by atoms with Crippen LogP contribution in [0.1, 0.15) is 24.2 Å². The van der Waals surface area contributed by atoms with Crippen LogP contribution in [0.5, 0.6) is 5.75 Å². The molecule has 0 radical (unpaired) electrons. The number of amides is 2. The van der Waals surface area contributed by atoms with Crippen LogP contribution in [0.15, 0.2) is 48.5 Å². The number of halogens is 1. The Labute approximate surface area is 146 Å². The molecule has 0 bridgehead atoms. The summed E-state index contributed by atoms with van der Waals surface area (Å²) in [5.41, 5.74) is 0.853. The zero-order valence-corrected chi connectivity index (χ0v) is 14.3. The topological polar surface area (TPSA) is 67.4 Å². The Morgan fingerprint density at radius 2 is 1.79 bits per heavy atom. The van der Waals surface area contributed by atoms with Crippen molar-refractivity contribution in [2.45, 2.75) is 20.0 Å². The van der Waals surface area contributed by atoms with Gasteiger partial charge in [0.05, 0.1) is 11.3 Å². The maximum atomic E-state index is 12.3. The number of benzene rings is 2. The van der Waals surface area contributed by atoms with Crippen molar-refractivity contribution >= 4 is 29.1 Å². The van der Waals surface area contributed by atoms with Gasteiger partial charge in [-0.1, -0.05) is 23.7 Å². The Kier molecular flexibility index (Phi) is 6.21. The van der Waals surface area contributed by atoms with Crippen LogP contribution in [0.2, 0.25) is 5.02 Å². The van der Waals surface area contributed by atoms with E-state index in [4.69, 9.17) is 16.3 Å². The van der Waals surface area contributed by atoms with E-state index in [9.17, 15) is 9.59 Å². The number of nitrogens with one attached hydrogen (secondary N) is 2. The molecule has 1 unspecified atom stereocenters. The standard InChI is InChI=1S/C18H19ClN2O3/c1-3-20-18(23)15-6-4-5-7-16(15)21-17(22)12(2)24-14-10-8-13(19)9-11-14/h4-12H,3H2,1-2H3,(H,20,23)(H,21,22). The maximum absolute atomic E-state index is 12.3. The summed E-state index contributed by atoms with van der Waals surface area (Å²) in [7, 11) is 0. The molecule has 0 heterocycles. The van der Waals surface area contributed by atoms with E-state index >= 15 is 0 Å². The fourth-order valence-electron chi connectivity index (χ4n) is 2.05. The molecule has 2 rings (SSSR count). The first-order valence-corrected chi connectivity index (χ1v) is 7.99. The minimum absolute atomic E-state index is 0.236. The summed E-state index contributed by atoms with van der Waals surface area (Å²) in [6.07, 6.45) is -0.728. The lowest BCUT2D eigenvalue weighted by atomic mass is 10.1. The highest BCUT2D eigenvalue weighted by Crippen LogP contribution is 2.19. The van der Waals surface area contributed by atoms with Gasteiger partial charge < -0.3 is 15.4 Å². The quantitative estimate of drug-likeness (QED) is 0.841. The number of para-hydroxylation sites is 1. The van der Waals surface area contributed by atoms with Gasteiger partial charge in [0.25, 0.3) is 11.8 Å². The normalized spacial score (nSPS) is 11.5. The molecule has 5 nitrogen and oxygen atoms in total. The minimum Gasteiger partial charge on any atom is -0.481 e. The molecule has 6 heteroatoms. The fraction of sp³-hybridized carbons (Fsp3) is 0.222. The highest BCUT2D eigenvalue weighted by atomic mass is 35.5. The molecule has 126 valence electrons. The van der Waals surface area contributed by atoms with Gasteiger partial charge in [-0.15, -0.1) is 0 Å². The molecular weight excluding hydrogens is 328 g/mol. The van der Waals surface area contributed by atoms with Crippen molar-refractivity contribution in [2.24, 2.45) is 0 Å². The average Bonchev–Trinajstić information content (AvgIpc) is 2.57. The van der Waals surface area contributed by atoms with Gasteiger partial charge in [0.2, 0.25) is 0 Å². The van der Waals surface area contributed by atoms with Crippen LogP contribution in [0, 0.1) is 0 Å². The third-order valence-electron chi connectivity index (χ3n) is 3.26.